The first kappa shape index (κ1) is 14.8. The lowest BCUT2D eigenvalue weighted by molar-refractivity contribution is -0.0662. The number of nitrogens with zero attached hydrogens (tertiary/aromatic N) is 1. The van der Waals surface area contributed by atoms with Gasteiger partial charge in [0.25, 0.3) is 0 Å². The lowest BCUT2D eigenvalue weighted by atomic mass is 9.94. The molecule has 0 aliphatic carbocycles. The highest BCUT2D eigenvalue weighted by Crippen LogP contribution is 2.39. The number of hydrogen-bond donors (Lipinski definition) is 1. The molecule has 2 aromatic rings. The van der Waals surface area contributed by atoms with Gasteiger partial charge in [-0.15, -0.1) is 0 Å². The van der Waals surface area contributed by atoms with E-state index in [2.05, 4.69) is 78.2 Å². The minimum Gasteiger partial charge on any atom is -0.378 e. The number of ether oxygens (including phenoxy) is 1. The predicted octanol–water partition coefficient (Wildman–Crippen LogP) is 4.76. The molecule has 4 heteroatoms. The summed E-state index contributed by atoms with van der Waals surface area (Å²) in [6.07, 6.45) is 2.82. The summed E-state index contributed by atoms with van der Waals surface area (Å²) in [5, 5.41) is 4.78. The van der Waals surface area contributed by atoms with Crippen LogP contribution in [-0.4, -0.2) is 22.2 Å². The molecule has 0 amide bonds. The standard InChI is InChI=1S/C17H21BrN2O/c1-16(2)9-14(17(3,4)21-16)20-13-7-5-6-11-8-12(18)10-19-15(11)13/h5-8,10,14,20H,9H2,1-4H3. The Morgan fingerprint density at radius 2 is 2.05 bits per heavy atom. The highest BCUT2D eigenvalue weighted by atomic mass is 79.9. The number of anilines is 1. The van der Waals surface area contributed by atoms with Crippen LogP contribution in [0.15, 0.2) is 34.9 Å². The summed E-state index contributed by atoms with van der Waals surface area (Å²) in [7, 11) is 0. The SMILES string of the molecule is CC1(C)CC(Nc2cccc3cc(Br)cnc23)C(C)(C)O1. The number of fused-ring (bicyclic) bond motifs is 1. The van der Waals surface area contributed by atoms with E-state index in [9.17, 15) is 0 Å². The second-order valence-corrected chi connectivity index (χ2v) is 7.81. The van der Waals surface area contributed by atoms with Crippen molar-refractivity contribution in [1.82, 2.24) is 4.98 Å². The van der Waals surface area contributed by atoms with Crippen LogP contribution in [0.4, 0.5) is 5.69 Å². The minimum atomic E-state index is -0.193. The van der Waals surface area contributed by atoms with Gasteiger partial charge in [0.15, 0.2) is 0 Å². The summed E-state index contributed by atoms with van der Waals surface area (Å²) in [4.78, 5) is 4.56. The molecule has 1 aromatic heterocycles. The quantitative estimate of drug-likeness (QED) is 0.849. The number of nitrogens with one attached hydrogen (secondary N) is 1. The average molecular weight is 349 g/mol. The van der Waals surface area contributed by atoms with Crippen LogP contribution < -0.4 is 5.32 Å². The number of rotatable bonds is 2. The number of halogens is 1. The van der Waals surface area contributed by atoms with Crippen molar-refractivity contribution in [3.05, 3.63) is 34.9 Å². The van der Waals surface area contributed by atoms with Crippen LogP contribution in [-0.2, 0) is 4.74 Å². The first-order valence-electron chi connectivity index (χ1n) is 7.28. The van der Waals surface area contributed by atoms with E-state index in [1.807, 2.05) is 6.20 Å². The Morgan fingerprint density at radius 1 is 1.29 bits per heavy atom. The molecule has 0 spiro atoms. The van der Waals surface area contributed by atoms with Crippen molar-refractivity contribution < 1.29 is 4.74 Å². The third kappa shape index (κ3) is 2.92. The summed E-state index contributed by atoms with van der Waals surface area (Å²) in [6, 6.07) is 8.59. The van der Waals surface area contributed by atoms with Gasteiger partial charge < -0.3 is 10.1 Å². The number of aromatic nitrogens is 1. The zero-order valence-corrected chi connectivity index (χ0v) is 14.5. The molecule has 3 rings (SSSR count). The summed E-state index contributed by atoms with van der Waals surface area (Å²) in [6.45, 7) is 8.59. The highest BCUT2D eigenvalue weighted by molar-refractivity contribution is 9.10. The topological polar surface area (TPSA) is 34.2 Å². The van der Waals surface area contributed by atoms with E-state index in [-0.39, 0.29) is 17.2 Å². The second kappa shape index (κ2) is 4.96. The van der Waals surface area contributed by atoms with Crippen molar-refractivity contribution in [3.63, 3.8) is 0 Å². The smallest absolute Gasteiger partial charge is 0.0934 e. The Morgan fingerprint density at radius 3 is 2.71 bits per heavy atom. The summed E-state index contributed by atoms with van der Waals surface area (Å²) >= 11 is 3.48. The van der Waals surface area contributed by atoms with Gasteiger partial charge in [0.1, 0.15) is 0 Å². The van der Waals surface area contributed by atoms with Crippen LogP contribution in [0.5, 0.6) is 0 Å². The first-order chi connectivity index (χ1) is 9.77. The third-order valence-electron chi connectivity index (χ3n) is 4.08. The van der Waals surface area contributed by atoms with Gasteiger partial charge >= 0.3 is 0 Å². The highest BCUT2D eigenvalue weighted by Gasteiger charge is 2.45. The van der Waals surface area contributed by atoms with E-state index in [1.54, 1.807) is 0 Å². The van der Waals surface area contributed by atoms with Crippen LogP contribution in [0, 0.1) is 0 Å². The number of para-hydroxylation sites is 1. The van der Waals surface area contributed by atoms with Crippen molar-refractivity contribution in [2.45, 2.75) is 51.4 Å². The molecule has 1 fully saturated rings. The van der Waals surface area contributed by atoms with E-state index >= 15 is 0 Å². The molecule has 1 aliphatic heterocycles. The van der Waals surface area contributed by atoms with E-state index in [4.69, 9.17) is 4.74 Å². The van der Waals surface area contributed by atoms with Crippen molar-refractivity contribution in [2.24, 2.45) is 0 Å². The zero-order valence-electron chi connectivity index (χ0n) is 12.9. The lowest BCUT2D eigenvalue weighted by Gasteiger charge is -2.28. The predicted molar refractivity (Wildman–Crippen MR) is 90.7 cm³/mol. The number of hydrogen-bond acceptors (Lipinski definition) is 3. The Labute approximate surface area is 134 Å². The van der Waals surface area contributed by atoms with Gasteiger partial charge in [-0.25, -0.2) is 0 Å². The van der Waals surface area contributed by atoms with E-state index in [0.717, 1.165) is 27.5 Å². The summed E-state index contributed by atoms with van der Waals surface area (Å²) in [5.41, 5.74) is 1.78. The van der Waals surface area contributed by atoms with Crippen LogP contribution in [0.1, 0.15) is 34.1 Å². The van der Waals surface area contributed by atoms with Crippen LogP contribution in [0.2, 0.25) is 0 Å². The van der Waals surface area contributed by atoms with Crippen molar-refractivity contribution >= 4 is 32.5 Å². The fourth-order valence-corrected chi connectivity index (χ4v) is 3.57. The molecule has 1 saturated heterocycles. The van der Waals surface area contributed by atoms with Crippen molar-refractivity contribution in [3.8, 4) is 0 Å². The molecule has 1 aliphatic rings. The van der Waals surface area contributed by atoms with E-state index in [1.165, 1.54) is 0 Å². The molecule has 1 unspecified atom stereocenters. The Balaban J connectivity index is 1.95. The molecule has 0 saturated carbocycles. The number of benzene rings is 1. The van der Waals surface area contributed by atoms with E-state index in [0.29, 0.717) is 0 Å². The van der Waals surface area contributed by atoms with Gasteiger partial charge in [0, 0.05) is 16.1 Å². The van der Waals surface area contributed by atoms with Crippen LogP contribution >= 0.6 is 15.9 Å². The molecule has 2 heterocycles. The fourth-order valence-electron chi connectivity index (χ4n) is 3.23. The maximum absolute atomic E-state index is 6.16. The summed E-state index contributed by atoms with van der Waals surface area (Å²) < 4.78 is 7.16. The van der Waals surface area contributed by atoms with Crippen molar-refractivity contribution in [1.29, 1.82) is 0 Å². The van der Waals surface area contributed by atoms with Gasteiger partial charge in [0.05, 0.1) is 28.4 Å². The maximum Gasteiger partial charge on any atom is 0.0934 e. The van der Waals surface area contributed by atoms with Crippen LogP contribution in [0.3, 0.4) is 0 Å². The minimum absolute atomic E-state index is 0.0950. The second-order valence-electron chi connectivity index (χ2n) is 6.90. The van der Waals surface area contributed by atoms with Gasteiger partial charge in [-0.1, -0.05) is 12.1 Å². The molecular weight excluding hydrogens is 328 g/mol. The molecule has 0 radical (unpaired) electrons. The molecule has 3 nitrogen and oxygen atoms in total. The normalized spacial score (nSPS) is 23.4. The summed E-state index contributed by atoms with van der Waals surface area (Å²) in [5.74, 6) is 0. The van der Waals surface area contributed by atoms with Gasteiger partial charge in [0.2, 0.25) is 0 Å². The lowest BCUT2D eigenvalue weighted by Crippen LogP contribution is -2.38. The number of pyridine rings is 1. The Kier molecular flexibility index (Phi) is 3.49. The van der Waals surface area contributed by atoms with Crippen molar-refractivity contribution in [2.75, 3.05) is 5.32 Å². The van der Waals surface area contributed by atoms with Gasteiger partial charge in [-0.2, -0.15) is 0 Å². The molecule has 112 valence electrons. The maximum atomic E-state index is 6.16. The molecule has 1 aromatic carbocycles. The zero-order chi connectivity index (χ0) is 15.3. The average Bonchev–Trinajstić information content (AvgIpc) is 2.57. The molecule has 1 atom stereocenters. The van der Waals surface area contributed by atoms with Gasteiger partial charge in [-0.05, 0) is 62.2 Å². The third-order valence-corrected chi connectivity index (χ3v) is 4.52. The molecule has 21 heavy (non-hydrogen) atoms. The first-order valence-corrected chi connectivity index (χ1v) is 8.07. The monoisotopic (exact) mass is 348 g/mol. The molecule has 0 bridgehead atoms. The molecular formula is C17H21BrN2O. The largest absolute Gasteiger partial charge is 0.378 e. The fraction of sp³-hybridized carbons (Fsp3) is 0.471. The van der Waals surface area contributed by atoms with Crippen LogP contribution in [0.25, 0.3) is 10.9 Å². The Hall–Kier alpha value is -1.13. The van der Waals surface area contributed by atoms with Gasteiger partial charge in [-0.3, -0.25) is 4.98 Å². The van der Waals surface area contributed by atoms with E-state index < -0.39 is 0 Å². The molecule has 1 N–H and O–H groups in total. The Bertz CT molecular complexity index is 682.